The molecule has 2 aromatic rings. The van der Waals surface area contributed by atoms with Gasteiger partial charge in [-0.05, 0) is 50.8 Å². The zero-order valence-corrected chi connectivity index (χ0v) is 11.9. The summed E-state index contributed by atoms with van der Waals surface area (Å²) in [6.07, 6.45) is 3.07. The van der Waals surface area contributed by atoms with Gasteiger partial charge >= 0.3 is 0 Å². The van der Waals surface area contributed by atoms with Crippen LogP contribution in [0.25, 0.3) is 0 Å². The van der Waals surface area contributed by atoms with Crippen LogP contribution in [0.1, 0.15) is 40.7 Å². The monoisotopic (exact) mass is 269 g/mol. The molecular formula is C16H19N3O. The lowest BCUT2D eigenvalue weighted by molar-refractivity contribution is 0.0982. The van der Waals surface area contributed by atoms with E-state index in [-0.39, 0.29) is 5.91 Å². The number of aromatic nitrogens is 2. The Kier molecular flexibility index (Phi) is 3.30. The van der Waals surface area contributed by atoms with Crippen molar-refractivity contribution in [2.45, 2.75) is 33.1 Å². The van der Waals surface area contributed by atoms with Crippen LogP contribution in [-0.2, 0) is 12.8 Å². The van der Waals surface area contributed by atoms with Crippen molar-refractivity contribution in [2.75, 3.05) is 11.4 Å². The van der Waals surface area contributed by atoms with Crippen molar-refractivity contribution in [1.29, 1.82) is 0 Å². The molecule has 1 N–H and O–H groups in total. The number of benzene rings is 1. The predicted molar refractivity (Wildman–Crippen MR) is 79.1 cm³/mol. The Morgan fingerprint density at radius 2 is 2.25 bits per heavy atom. The minimum atomic E-state index is -0.00231. The molecule has 1 aliphatic rings. The lowest BCUT2D eigenvalue weighted by Crippen LogP contribution is -2.31. The van der Waals surface area contributed by atoms with E-state index in [1.54, 1.807) is 4.90 Å². The largest absolute Gasteiger partial charge is 0.307 e. The van der Waals surface area contributed by atoms with E-state index in [4.69, 9.17) is 0 Å². The maximum Gasteiger partial charge on any atom is 0.279 e. The molecule has 0 unspecified atom stereocenters. The van der Waals surface area contributed by atoms with Crippen LogP contribution in [0.3, 0.4) is 0 Å². The molecule has 0 aliphatic heterocycles. The highest BCUT2D eigenvalue weighted by Crippen LogP contribution is 2.25. The van der Waals surface area contributed by atoms with Crippen molar-refractivity contribution >= 4 is 11.6 Å². The van der Waals surface area contributed by atoms with Gasteiger partial charge in [-0.15, -0.1) is 0 Å². The number of carbonyl (C=O) groups excluding carboxylic acids is 1. The van der Waals surface area contributed by atoms with E-state index in [1.165, 1.54) is 0 Å². The van der Waals surface area contributed by atoms with Gasteiger partial charge in [0.1, 0.15) is 0 Å². The third-order valence-electron chi connectivity index (χ3n) is 3.88. The van der Waals surface area contributed by atoms with Crippen molar-refractivity contribution in [3.63, 3.8) is 0 Å². The molecule has 0 atom stereocenters. The number of carbonyl (C=O) groups is 1. The number of nitrogens with zero attached hydrogens (tertiary/aromatic N) is 2. The van der Waals surface area contributed by atoms with Crippen molar-refractivity contribution in [3.05, 3.63) is 46.8 Å². The van der Waals surface area contributed by atoms with Gasteiger partial charge in [0.05, 0.1) is 0 Å². The second-order valence-electron chi connectivity index (χ2n) is 5.27. The molecule has 0 radical (unpaired) electrons. The van der Waals surface area contributed by atoms with Gasteiger partial charge in [0.25, 0.3) is 5.91 Å². The Hall–Kier alpha value is -2.10. The molecular weight excluding hydrogens is 250 g/mol. The zero-order chi connectivity index (χ0) is 14.1. The molecule has 1 aliphatic carbocycles. The highest BCUT2D eigenvalue weighted by atomic mass is 16.2. The van der Waals surface area contributed by atoms with Crippen molar-refractivity contribution in [3.8, 4) is 0 Å². The molecule has 1 aromatic heterocycles. The standard InChI is InChI=1S/C16H19N3O/c1-3-19(12-7-4-6-11(2)10-12)16(20)15-13-8-5-9-14(13)17-18-15/h4,6-7,10H,3,5,8-9H2,1-2H3,(H,17,18). The first-order valence-electron chi connectivity index (χ1n) is 7.15. The number of anilines is 1. The first-order valence-corrected chi connectivity index (χ1v) is 7.15. The molecule has 104 valence electrons. The van der Waals surface area contributed by atoms with Gasteiger partial charge in [-0.25, -0.2) is 0 Å². The summed E-state index contributed by atoms with van der Waals surface area (Å²) in [6.45, 7) is 4.67. The van der Waals surface area contributed by atoms with Crippen LogP contribution >= 0.6 is 0 Å². The van der Waals surface area contributed by atoms with Crippen LogP contribution in [0.2, 0.25) is 0 Å². The van der Waals surface area contributed by atoms with Gasteiger partial charge in [-0.1, -0.05) is 12.1 Å². The third-order valence-corrected chi connectivity index (χ3v) is 3.88. The highest BCUT2D eigenvalue weighted by molar-refractivity contribution is 6.05. The molecule has 1 aromatic carbocycles. The van der Waals surface area contributed by atoms with E-state index in [2.05, 4.69) is 10.2 Å². The van der Waals surface area contributed by atoms with Gasteiger partial charge in [-0.3, -0.25) is 9.89 Å². The van der Waals surface area contributed by atoms with Crippen molar-refractivity contribution < 1.29 is 4.79 Å². The molecule has 20 heavy (non-hydrogen) atoms. The number of aryl methyl sites for hydroxylation is 2. The number of nitrogens with one attached hydrogen (secondary N) is 1. The summed E-state index contributed by atoms with van der Waals surface area (Å²) in [5.41, 5.74) is 4.93. The smallest absolute Gasteiger partial charge is 0.279 e. The molecule has 3 rings (SSSR count). The topological polar surface area (TPSA) is 49.0 Å². The Morgan fingerprint density at radius 1 is 1.40 bits per heavy atom. The Morgan fingerprint density at radius 3 is 3.00 bits per heavy atom. The molecule has 1 amide bonds. The van der Waals surface area contributed by atoms with Crippen LogP contribution < -0.4 is 4.90 Å². The summed E-state index contributed by atoms with van der Waals surface area (Å²) in [5.74, 6) is -0.00231. The SMILES string of the molecule is CCN(C(=O)c1n[nH]c2c1CCC2)c1cccc(C)c1. The fraction of sp³-hybridized carbons (Fsp3) is 0.375. The van der Waals surface area contributed by atoms with Crippen LogP contribution in [0.15, 0.2) is 24.3 Å². The van der Waals surface area contributed by atoms with E-state index in [1.807, 2.05) is 38.1 Å². The maximum absolute atomic E-state index is 12.8. The predicted octanol–water partition coefficient (Wildman–Crippen LogP) is 2.87. The van der Waals surface area contributed by atoms with Crippen LogP contribution in [0.5, 0.6) is 0 Å². The highest BCUT2D eigenvalue weighted by Gasteiger charge is 2.26. The van der Waals surface area contributed by atoms with E-state index >= 15 is 0 Å². The van der Waals surface area contributed by atoms with Gasteiger partial charge in [0.2, 0.25) is 0 Å². The van der Waals surface area contributed by atoms with Crippen LogP contribution in [0.4, 0.5) is 5.69 Å². The number of rotatable bonds is 3. The van der Waals surface area contributed by atoms with Crippen molar-refractivity contribution in [2.24, 2.45) is 0 Å². The van der Waals surface area contributed by atoms with Crippen LogP contribution in [-0.4, -0.2) is 22.6 Å². The summed E-state index contributed by atoms with van der Waals surface area (Å²) in [5, 5.41) is 7.25. The third kappa shape index (κ3) is 2.11. The second-order valence-corrected chi connectivity index (χ2v) is 5.27. The molecule has 0 saturated carbocycles. The van der Waals surface area contributed by atoms with Gasteiger partial charge in [-0.2, -0.15) is 5.10 Å². The molecule has 1 heterocycles. The average Bonchev–Trinajstić information content (AvgIpc) is 3.01. The molecule has 4 heteroatoms. The number of hydrogen-bond acceptors (Lipinski definition) is 2. The quantitative estimate of drug-likeness (QED) is 0.931. The van der Waals surface area contributed by atoms with E-state index < -0.39 is 0 Å². The Bertz CT molecular complexity index is 645. The minimum absolute atomic E-state index is 0.00231. The number of hydrogen-bond donors (Lipinski definition) is 1. The number of amides is 1. The summed E-state index contributed by atoms with van der Waals surface area (Å²) in [7, 11) is 0. The fourth-order valence-corrected chi connectivity index (χ4v) is 2.86. The zero-order valence-electron chi connectivity index (χ0n) is 11.9. The van der Waals surface area contributed by atoms with Crippen LogP contribution in [0, 0.1) is 6.92 Å². The number of H-pyrrole nitrogens is 1. The molecule has 0 saturated heterocycles. The average molecular weight is 269 g/mol. The number of aromatic amines is 1. The summed E-state index contributed by atoms with van der Waals surface area (Å²) in [6, 6.07) is 8.03. The van der Waals surface area contributed by atoms with Gasteiger partial charge in [0, 0.05) is 23.5 Å². The molecule has 4 nitrogen and oxygen atoms in total. The lowest BCUT2D eigenvalue weighted by Gasteiger charge is -2.20. The van der Waals surface area contributed by atoms with Crippen molar-refractivity contribution in [1.82, 2.24) is 10.2 Å². The molecule has 0 spiro atoms. The number of fused-ring (bicyclic) bond motifs is 1. The summed E-state index contributed by atoms with van der Waals surface area (Å²) >= 11 is 0. The molecule has 0 bridgehead atoms. The minimum Gasteiger partial charge on any atom is -0.307 e. The van der Waals surface area contributed by atoms with E-state index in [0.29, 0.717) is 12.2 Å². The second kappa shape index (κ2) is 5.12. The van der Waals surface area contributed by atoms with Gasteiger partial charge in [0.15, 0.2) is 5.69 Å². The first-order chi connectivity index (χ1) is 9.70. The van der Waals surface area contributed by atoms with Gasteiger partial charge < -0.3 is 4.90 Å². The van der Waals surface area contributed by atoms with E-state index in [0.717, 1.165) is 41.8 Å². The van der Waals surface area contributed by atoms with E-state index in [9.17, 15) is 4.79 Å². The normalized spacial score (nSPS) is 13.3. The molecule has 0 fully saturated rings. The first kappa shape index (κ1) is 12.9. The summed E-state index contributed by atoms with van der Waals surface area (Å²) in [4.78, 5) is 14.5. The lowest BCUT2D eigenvalue weighted by atomic mass is 10.1. The fourth-order valence-electron chi connectivity index (χ4n) is 2.86. The summed E-state index contributed by atoms with van der Waals surface area (Å²) < 4.78 is 0. The maximum atomic E-state index is 12.8. The Balaban J connectivity index is 1.95. The Labute approximate surface area is 118 Å².